The normalized spacial score (nSPS) is 8.56. The minimum Gasteiger partial charge on any atom is -0.478 e. The highest BCUT2D eigenvalue weighted by Crippen LogP contribution is 2.13. The summed E-state index contributed by atoms with van der Waals surface area (Å²) in [5.41, 5.74) is 0.775. The van der Waals surface area contributed by atoms with Crippen LogP contribution in [0.1, 0.15) is 38.1 Å². The smallest absolute Gasteiger partial charge is 0.335 e. The average molecular weight is 224 g/mol. The number of hydrogen-bond acceptors (Lipinski definition) is 3. The van der Waals surface area contributed by atoms with E-state index in [1.165, 1.54) is 19.2 Å². The maximum absolute atomic E-state index is 10.5. The summed E-state index contributed by atoms with van der Waals surface area (Å²) < 4.78 is 0. The molecule has 0 aliphatic heterocycles. The lowest BCUT2D eigenvalue weighted by molar-refractivity contribution is 0.0697. The first-order valence-corrected chi connectivity index (χ1v) is 5.37. The second kappa shape index (κ2) is 11.4. The molecule has 0 saturated carbocycles. The predicted octanol–water partition coefficient (Wildman–Crippen LogP) is 4.15. The second-order valence-corrected chi connectivity index (χ2v) is 2.16. The fourth-order valence-electron chi connectivity index (χ4n) is 0.817. The molecule has 0 unspecified atom stereocenters. The average Bonchev–Trinajstić information content (AvgIpc) is 2.35. The van der Waals surface area contributed by atoms with Gasteiger partial charge in [-0.3, -0.25) is 0 Å². The Labute approximate surface area is 97.0 Å². The van der Waals surface area contributed by atoms with Crippen molar-refractivity contribution in [2.75, 3.05) is 7.05 Å². The molecular formula is C12H20N2O2. The molecular weight excluding hydrogens is 204 g/mol. The molecule has 0 radical (unpaired) electrons. The van der Waals surface area contributed by atoms with Crippen LogP contribution in [-0.4, -0.2) is 18.1 Å². The first-order chi connectivity index (χ1) is 7.74. The third-order valence-electron chi connectivity index (χ3n) is 1.31. The van der Waals surface area contributed by atoms with E-state index >= 15 is 0 Å². The van der Waals surface area contributed by atoms with Gasteiger partial charge in [0.25, 0.3) is 0 Å². The van der Waals surface area contributed by atoms with Gasteiger partial charge in [0.2, 0.25) is 0 Å². The number of aromatic carboxylic acids is 1. The SMILES string of the molecule is CC.CC.CN=Nc1cccc(C(=O)O)c1. The molecule has 16 heavy (non-hydrogen) atoms. The molecule has 0 saturated heterocycles. The fraction of sp³-hybridized carbons (Fsp3) is 0.417. The molecule has 0 amide bonds. The first kappa shape index (κ1) is 16.7. The molecule has 0 heterocycles. The van der Waals surface area contributed by atoms with Gasteiger partial charge in [-0.05, 0) is 18.2 Å². The lowest BCUT2D eigenvalue weighted by Crippen LogP contribution is -1.94. The summed E-state index contributed by atoms with van der Waals surface area (Å²) in [7, 11) is 1.54. The maximum Gasteiger partial charge on any atom is 0.335 e. The van der Waals surface area contributed by atoms with Crippen molar-refractivity contribution in [2.45, 2.75) is 27.7 Å². The minimum absolute atomic E-state index is 0.222. The van der Waals surface area contributed by atoms with Gasteiger partial charge in [0.05, 0.1) is 11.3 Å². The van der Waals surface area contributed by atoms with Gasteiger partial charge >= 0.3 is 5.97 Å². The molecule has 0 atom stereocenters. The van der Waals surface area contributed by atoms with Crippen LogP contribution in [0.5, 0.6) is 0 Å². The van der Waals surface area contributed by atoms with Gasteiger partial charge in [-0.2, -0.15) is 10.2 Å². The molecule has 4 nitrogen and oxygen atoms in total. The summed E-state index contributed by atoms with van der Waals surface area (Å²) in [6.07, 6.45) is 0. The fourth-order valence-corrected chi connectivity index (χ4v) is 0.817. The van der Waals surface area contributed by atoms with Crippen LogP contribution in [0.3, 0.4) is 0 Å². The summed E-state index contributed by atoms with van der Waals surface area (Å²) in [6, 6.07) is 6.30. The lowest BCUT2D eigenvalue weighted by atomic mass is 10.2. The Morgan fingerprint density at radius 3 is 2.19 bits per heavy atom. The molecule has 1 aromatic rings. The van der Waals surface area contributed by atoms with E-state index < -0.39 is 5.97 Å². The number of hydrogen-bond donors (Lipinski definition) is 1. The zero-order chi connectivity index (χ0) is 13.0. The van der Waals surface area contributed by atoms with Crippen molar-refractivity contribution in [3.63, 3.8) is 0 Å². The highest BCUT2D eigenvalue weighted by Gasteiger charge is 2.01. The molecule has 0 bridgehead atoms. The van der Waals surface area contributed by atoms with Gasteiger partial charge in [0.1, 0.15) is 0 Å². The molecule has 0 aromatic heterocycles. The van der Waals surface area contributed by atoms with Crippen LogP contribution >= 0.6 is 0 Å². The largest absolute Gasteiger partial charge is 0.478 e. The van der Waals surface area contributed by atoms with Crippen LogP contribution < -0.4 is 0 Å². The van der Waals surface area contributed by atoms with Gasteiger partial charge in [-0.25, -0.2) is 4.79 Å². The van der Waals surface area contributed by atoms with Crippen molar-refractivity contribution in [3.05, 3.63) is 29.8 Å². The summed E-state index contributed by atoms with van der Waals surface area (Å²) in [5, 5.41) is 15.9. The van der Waals surface area contributed by atoms with E-state index in [1.54, 1.807) is 12.1 Å². The molecule has 1 N–H and O–H groups in total. The van der Waals surface area contributed by atoms with Gasteiger partial charge in [-0.15, -0.1) is 0 Å². The van der Waals surface area contributed by atoms with Gasteiger partial charge in [-0.1, -0.05) is 33.8 Å². The molecule has 0 fully saturated rings. The summed E-state index contributed by atoms with van der Waals surface area (Å²) in [4.78, 5) is 10.5. The third-order valence-corrected chi connectivity index (χ3v) is 1.31. The highest BCUT2D eigenvalue weighted by molar-refractivity contribution is 5.88. The van der Waals surface area contributed by atoms with E-state index in [1.807, 2.05) is 27.7 Å². The topological polar surface area (TPSA) is 62.0 Å². The summed E-state index contributed by atoms with van der Waals surface area (Å²) >= 11 is 0. The van der Waals surface area contributed by atoms with Gasteiger partial charge in [0.15, 0.2) is 0 Å². The Kier molecular flexibility index (Phi) is 11.9. The molecule has 1 aromatic carbocycles. The zero-order valence-electron chi connectivity index (χ0n) is 10.6. The Morgan fingerprint density at radius 1 is 1.19 bits per heavy atom. The van der Waals surface area contributed by atoms with Crippen molar-refractivity contribution in [1.82, 2.24) is 0 Å². The summed E-state index contributed by atoms with van der Waals surface area (Å²) in [6.45, 7) is 8.00. The minimum atomic E-state index is -0.955. The third kappa shape index (κ3) is 6.70. The predicted molar refractivity (Wildman–Crippen MR) is 66.5 cm³/mol. The van der Waals surface area contributed by atoms with Crippen LogP contribution in [0.4, 0.5) is 5.69 Å². The van der Waals surface area contributed by atoms with E-state index in [4.69, 9.17) is 5.11 Å². The Balaban J connectivity index is 0. The van der Waals surface area contributed by atoms with E-state index in [0.29, 0.717) is 5.69 Å². The van der Waals surface area contributed by atoms with Crippen LogP contribution in [0.25, 0.3) is 0 Å². The number of carboxylic acids is 1. The highest BCUT2D eigenvalue weighted by atomic mass is 16.4. The van der Waals surface area contributed by atoms with Gasteiger partial charge in [0, 0.05) is 7.05 Å². The van der Waals surface area contributed by atoms with E-state index in [-0.39, 0.29) is 5.56 Å². The standard InChI is InChI=1S/C8H8N2O2.2C2H6/c1-9-10-7-4-2-3-6(5-7)8(11)12;2*1-2/h2-5H,1H3,(H,11,12);2*1-2H3. The van der Waals surface area contributed by atoms with E-state index in [9.17, 15) is 4.79 Å². The van der Waals surface area contributed by atoms with Crippen molar-refractivity contribution in [3.8, 4) is 0 Å². The molecule has 0 spiro atoms. The van der Waals surface area contributed by atoms with Crippen LogP contribution in [0.2, 0.25) is 0 Å². The number of rotatable bonds is 2. The Hall–Kier alpha value is -1.71. The molecule has 1 rings (SSSR count). The molecule has 4 heteroatoms. The lowest BCUT2D eigenvalue weighted by Gasteiger charge is -1.94. The van der Waals surface area contributed by atoms with Crippen molar-refractivity contribution >= 4 is 11.7 Å². The zero-order valence-corrected chi connectivity index (χ0v) is 10.6. The maximum atomic E-state index is 10.5. The van der Waals surface area contributed by atoms with E-state index in [0.717, 1.165) is 0 Å². The van der Waals surface area contributed by atoms with Crippen LogP contribution in [0, 0.1) is 0 Å². The number of azo groups is 1. The number of nitrogens with zero attached hydrogens (tertiary/aromatic N) is 2. The van der Waals surface area contributed by atoms with E-state index in [2.05, 4.69) is 10.2 Å². The summed E-state index contributed by atoms with van der Waals surface area (Å²) in [5.74, 6) is -0.955. The quantitative estimate of drug-likeness (QED) is 0.767. The molecule has 0 aliphatic rings. The first-order valence-electron chi connectivity index (χ1n) is 5.37. The van der Waals surface area contributed by atoms with Crippen LogP contribution in [0.15, 0.2) is 34.5 Å². The van der Waals surface area contributed by atoms with Crippen molar-refractivity contribution in [2.24, 2.45) is 10.2 Å². The molecule has 90 valence electrons. The monoisotopic (exact) mass is 224 g/mol. The van der Waals surface area contributed by atoms with Gasteiger partial charge < -0.3 is 5.11 Å². The number of carboxylic acid groups (broad SMARTS) is 1. The Morgan fingerprint density at radius 2 is 1.75 bits per heavy atom. The number of carbonyl (C=O) groups is 1. The van der Waals surface area contributed by atoms with Crippen LogP contribution in [-0.2, 0) is 0 Å². The van der Waals surface area contributed by atoms with Crippen molar-refractivity contribution < 1.29 is 9.90 Å². The van der Waals surface area contributed by atoms with Crippen molar-refractivity contribution in [1.29, 1.82) is 0 Å². The number of benzene rings is 1. The Bertz CT molecular complexity index is 323. The second-order valence-electron chi connectivity index (χ2n) is 2.16. The molecule has 0 aliphatic carbocycles.